The highest BCUT2D eigenvalue weighted by Gasteiger charge is 2.17. The van der Waals surface area contributed by atoms with E-state index in [1.807, 2.05) is 0 Å². The SMILES string of the molecule is Br.N=C1NCCN1Cc1ccc(F)cc1F. The van der Waals surface area contributed by atoms with E-state index in [1.165, 1.54) is 12.1 Å². The molecule has 0 spiro atoms. The third kappa shape index (κ3) is 2.69. The van der Waals surface area contributed by atoms with Crippen LogP contribution in [0, 0.1) is 17.0 Å². The highest BCUT2D eigenvalue weighted by molar-refractivity contribution is 8.93. The molecule has 2 rings (SSSR count). The number of nitrogens with zero attached hydrogens (tertiary/aromatic N) is 1. The molecule has 1 heterocycles. The smallest absolute Gasteiger partial charge is 0.191 e. The zero-order chi connectivity index (χ0) is 10.8. The molecular formula is C10H12BrF2N3. The van der Waals surface area contributed by atoms with E-state index in [2.05, 4.69) is 5.32 Å². The quantitative estimate of drug-likeness (QED) is 0.873. The summed E-state index contributed by atoms with van der Waals surface area (Å²) in [6.45, 7) is 1.68. The van der Waals surface area contributed by atoms with E-state index >= 15 is 0 Å². The zero-order valence-electron chi connectivity index (χ0n) is 8.46. The monoisotopic (exact) mass is 291 g/mol. The second-order valence-electron chi connectivity index (χ2n) is 3.43. The minimum absolute atomic E-state index is 0. The van der Waals surface area contributed by atoms with Crippen LogP contribution >= 0.6 is 17.0 Å². The Labute approximate surface area is 103 Å². The summed E-state index contributed by atoms with van der Waals surface area (Å²) in [6, 6.07) is 3.50. The lowest BCUT2D eigenvalue weighted by atomic mass is 10.2. The summed E-state index contributed by atoms with van der Waals surface area (Å²) < 4.78 is 25.9. The van der Waals surface area contributed by atoms with Gasteiger partial charge in [0.25, 0.3) is 0 Å². The molecule has 1 aliphatic heterocycles. The van der Waals surface area contributed by atoms with Crippen molar-refractivity contribution in [3.05, 3.63) is 35.4 Å². The number of guanidine groups is 1. The lowest BCUT2D eigenvalue weighted by Crippen LogP contribution is -2.28. The summed E-state index contributed by atoms with van der Waals surface area (Å²) in [6.07, 6.45) is 0. The first-order valence-corrected chi connectivity index (χ1v) is 4.68. The Kier molecular flexibility index (Phi) is 4.23. The number of rotatable bonds is 2. The molecule has 0 aromatic heterocycles. The average Bonchev–Trinajstić information content (AvgIpc) is 2.57. The first-order chi connectivity index (χ1) is 7.16. The molecule has 0 radical (unpaired) electrons. The summed E-state index contributed by atoms with van der Waals surface area (Å²) in [5.74, 6) is -0.848. The van der Waals surface area contributed by atoms with Crippen molar-refractivity contribution in [2.24, 2.45) is 0 Å². The standard InChI is InChI=1S/C10H11F2N3.BrH/c11-8-2-1-7(9(12)5-8)6-15-4-3-14-10(15)13;/h1-2,5H,3-4,6H2,(H2,13,14);1H. The molecule has 88 valence electrons. The van der Waals surface area contributed by atoms with Gasteiger partial charge in [-0.3, -0.25) is 5.41 Å². The highest BCUT2D eigenvalue weighted by atomic mass is 79.9. The van der Waals surface area contributed by atoms with Crippen LogP contribution in [0.5, 0.6) is 0 Å². The van der Waals surface area contributed by atoms with Crippen LogP contribution in [0.4, 0.5) is 8.78 Å². The molecule has 0 saturated carbocycles. The Balaban J connectivity index is 0.00000128. The molecule has 1 aromatic rings. The van der Waals surface area contributed by atoms with Gasteiger partial charge >= 0.3 is 0 Å². The fourth-order valence-corrected chi connectivity index (χ4v) is 1.55. The average molecular weight is 292 g/mol. The van der Waals surface area contributed by atoms with Crippen LogP contribution in [-0.4, -0.2) is 23.9 Å². The summed E-state index contributed by atoms with van der Waals surface area (Å²) in [7, 11) is 0. The van der Waals surface area contributed by atoms with Gasteiger partial charge in [0.15, 0.2) is 5.96 Å². The topological polar surface area (TPSA) is 39.1 Å². The third-order valence-electron chi connectivity index (χ3n) is 2.37. The molecule has 1 saturated heterocycles. The zero-order valence-corrected chi connectivity index (χ0v) is 10.2. The van der Waals surface area contributed by atoms with Gasteiger partial charge in [-0.15, -0.1) is 17.0 Å². The van der Waals surface area contributed by atoms with E-state index in [1.54, 1.807) is 4.90 Å². The van der Waals surface area contributed by atoms with Crippen LogP contribution in [0.3, 0.4) is 0 Å². The van der Waals surface area contributed by atoms with Crippen molar-refractivity contribution in [2.45, 2.75) is 6.54 Å². The van der Waals surface area contributed by atoms with Crippen molar-refractivity contribution in [2.75, 3.05) is 13.1 Å². The fraction of sp³-hybridized carbons (Fsp3) is 0.300. The van der Waals surface area contributed by atoms with Crippen molar-refractivity contribution in [3.8, 4) is 0 Å². The van der Waals surface area contributed by atoms with Crippen molar-refractivity contribution >= 4 is 22.9 Å². The van der Waals surface area contributed by atoms with Gasteiger partial charge in [0.2, 0.25) is 0 Å². The minimum atomic E-state index is -0.578. The number of halogens is 3. The molecule has 1 aromatic carbocycles. The summed E-state index contributed by atoms with van der Waals surface area (Å²) in [4.78, 5) is 1.70. The van der Waals surface area contributed by atoms with E-state index < -0.39 is 11.6 Å². The summed E-state index contributed by atoms with van der Waals surface area (Å²) in [5.41, 5.74) is 0.407. The maximum Gasteiger partial charge on any atom is 0.191 e. The Morgan fingerprint density at radius 2 is 2.12 bits per heavy atom. The Hall–Kier alpha value is -1.17. The van der Waals surface area contributed by atoms with Crippen LogP contribution in [0.15, 0.2) is 18.2 Å². The van der Waals surface area contributed by atoms with Gasteiger partial charge in [-0.2, -0.15) is 0 Å². The number of benzene rings is 1. The van der Waals surface area contributed by atoms with E-state index in [9.17, 15) is 8.78 Å². The number of hydrogen-bond donors (Lipinski definition) is 2. The largest absolute Gasteiger partial charge is 0.355 e. The predicted molar refractivity (Wildman–Crippen MR) is 62.8 cm³/mol. The molecule has 0 atom stereocenters. The van der Waals surface area contributed by atoms with Gasteiger partial charge in [0.05, 0.1) is 0 Å². The molecule has 2 N–H and O–H groups in total. The second-order valence-corrected chi connectivity index (χ2v) is 3.43. The molecule has 0 bridgehead atoms. The molecule has 0 aliphatic carbocycles. The van der Waals surface area contributed by atoms with Crippen molar-refractivity contribution < 1.29 is 8.78 Å². The maximum atomic E-state index is 13.3. The number of hydrogen-bond acceptors (Lipinski definition) is 1. The summed E-state index contributed by atoms with van der Waals surface area (Å²) in [5, 5.41) is 10.3. The highest BCUT2D eigenvalue weighted by Crippen LogP contribution is 2.12. The Morgan fingerprint density at radius 1 is 1.38 bits per heavy atom. The molecule has 1 aliphatic rings. The molecule has 0 unspecified atom stereocenters. The van der Waals surface area contributed by atoms with E-state index in [0.717, 1.165) is 6.07 Å². The molecule has 1 fully saturated rings. The van der Waals surface area contributed by atoms with Crippen LogP contribution in [-0.2, 0) is 6.54 Å². The van der Waals surface area contributed by atoms with E-state index in [4.69, 9.17) is 5.41 Å². The van der Waals surface area contributed by atoms with Crippen LogP contribution < -0.4 is 5.32 Å². The third-order valence-corrected chi connectivity index (χ3v) is 2.37. The number of nitrogens with one attached hydrogen (secondary N) is 2. The second kappa shape index (κ2) is 5.25. The van der Waals surface area contributed by atoms with Crippen molar-refractivity contribution in [1.29, 1.82) is 5.41 Å². The van der Waals surface area contributed by atoms with Gasteiger partial charge in [-0.05, 0) is 6.07 Å². The molecule has 0 amide bonds. The Bertz CT molecular complexity index is 398. The van der Waals surface area contributed by atoms with Gasteiger partial charge < -0.3 is 10.2 Å². The van der Waals surface area contributed by atoms with Crippen molar-refractivity contribution in [3.63, 3.8) is 0 Å². The molecule has 6 heteroatoms. The van der Waals surface area contributed by atoms with Crippen LogP contribution in [0.25, 0.3) is 0 Å². The van der Waals surface area contributed by atoms with Crippen LogP contribution in [0.2, 0.25) is 0 Å². The van der Waals surface area contributed by atoms with Gasteiger partial charge in [-0.1, -0.05) is 6.07 Å². The molecule has 3 nitrogen and oxygen atoms in total. The first kappa shape index (κ1) is 12.9. The lowest BCUT2D eigenvalue weighted by molar-refractivity contribution is 0.439. The normalized spacial score (nSPS) is 14.6. The predicted octanol–water partition coefficient (Wildman–Crippen LogP) is 1.88. The lowest BCUT2D eigenvalue weighted by Gasteiger charge is -2.16. The fourth-order valence-electron chi connectivity index (χ4n) is 1.55. The molecular weight excluding hydrogens is 280 g/mol. The van der Waals surface area contributed by atoms with Gasteiger partial charge in [0.1, 0.15) is 11.6 Å². The maximum absolute atomic E-state index is 13.3. The minimum Gasteiger partial charge on any atom is -0.355 e. The van der Waals surface area contributed by atoms with Gasteiger partial charge in [0, 0.05) is 31.3 Å². The first-order valence-electron chi connectivity index (χ1n) is 4.68. The Morgan fingerprint density at radius 3 is 2.69 bits per heavy atom. The van der Waals surface area contributed by atoms with Gasteiger partial charge in [-0.25, -0.2) is 8.78 Å². The van der Waals surface area contributed by atoms with Crippen molar-refractivity contribution in [1.82, 2.24) is 10.2 Å². The molecule has 16 heavy (non-hydrogen) atoms. The van der Waals surface area contributed by atoms with E-state index in [-0.39, 0.29) is 17.0 Å². The summed E-state index contributed by atoms with van der Waals surface area (Å²) >= 11 is 0. The van der Waals surface area contributed by atoms with E-state index in [0.29, 0.717) is 31.2 Å². The van der Waals surface area contributed by atoms with Crippen LogP contribution in [0.1, 0.15) is 5.56 Å².